The molecular formula is C24H25F4N5O3S. The number of nitrogens with one attached hydrogen (secondary N) is 3. The van der Waals surface area contributed by atoms with Gasteiger partial charge in [0.15, 0.2) is 6.10 Å². The second-order valence-corrected chi connectivity index (χ2v) is 11.1. The molecule has 198 valence electrons. The van der Waals surface area contributed by atoms with Gasteiger partial charge in [-0.2, -0.15) is 13.2 Å². The van der Waals surface area contributed by atoms with E-state index in [9.17, 15) is 26.6 Å². The maximum absolute atomic E-state index is 14.0. The first-order valence-corrected chi connectivity index (χ1v) is 13.4. The van der Waals surface area contributed by atoms with Gasteiger partial charge >= 0.3 is 6.18 Å². The third kappa shape index (κ3) is 7.00. The molecule has 1 unspecified atom stereocenters. The number of carbonyl (C=O) groups excluding carboxylic acids is 1. The Kier molecular flexibility index (Phi) is 7.18. The van der Waals surface area contributed by atoms with Crippen molar-refractivity contribution in [3.8, 4) is 5.75 Å². The average molecular weight is 540 g/mol. The fraction of sp³-hybridized carbons (Fsp3) is 0.333. The number of benzene rings is 2. The van der Waals surface area contributed by atoms with Crippen LogP contribution in [0.25, 0.3) is 10.9 Å². The van der Waals surface area contributed by atoms with Gasteiger partial charge in [0.05, 0.1) is 11.2 Å². The molecule has 0 bridgehead atoms. The zero-order valence-electron chi connectivity index (χ0n) is 20.0. The van der Waals surface area contributed by atoms with E-state index < -0.39 is 40.3 Å². The molecule has 2 atom stereocenters. The summed E-state index contributed by atoms with van der Waals surface area (Å²) in [5.74, 6) is 2.50. The largest absolute Gasteiger partial charge is 0.479 e. The number of hydrogen-bond acceptors (Lipinski definition) is 6. The molecule has 1 saturated carbocycles. The topological polar surface area (TPSA) is 105 Å². The Morgan fingerprint density at radius 1 is 1.24 bits per heavy atom. The van der Waals surface area contributed by atoms with Crippen molar-refractivity contribution in [3.05, 3.63) is 48.0 Å². The van der Waals surface area contributed by atoms with Crippen molar-refractivity contribution in [2.45, 2.75) is 38.0 Å². The minimum absolute atomic E-state index is 0.0875. The molecule has 8 nitrogen and oxygen atoms in total. The zero-order chi connectivity index (χ0) is 27.0. The Labute approximate surface area is 211 Å². The van der Waals surface area contributed by atoms with E-state index in [0.717, 1.165) is 24.5 Å². The second-order valence-electron chi connectivity index (χ2n) is 8.92. The van der Waals surface area contributed by atoms with Crippen molar-refractivity contribution in [1.29, 1.82) is 0 Å². The van der Waals surface area contributed by atoms with E-state index in [-0.39, 0.29) is 17.4 Å². The molecule has 0 aliphatic heterocycles. The molecule has 37 heavy (non-hydrogen) atoms. The highest BCUT2D eigenvalue weighted by Crippen LogP contribution is 2.46. The van der Waals surface area contributed by atoms with Gasteiger partial charge in [0.25, 0.3) is 5.91 Å². The van der Waals surface area contributed by atoms with Crippen LogP contribution in [0.5, 0.6) is 5.75 Å². The highest BCUT2D eigenvalue weighted by molar-refractivity contribution is 8.00. The number of amides is 1. The first-order valence-electron chi connectivity index (χ1n) is 11.3. The zero-order valence-corrected chi connectivity index (χ0v) is 20.8. The monoisotopic (exact) mass is 539 g/mol. The van der Waals surface area contributed by atoms with Crippen LogP contribution in [0.4, 0.5) is 34.8 Å². The summed E-state index contributed by atoms with van der Waals surface area (Å²) < 4.78 is 72.0. The molecule has 0 spiro atoms. The van der Waals surface area contributed by atoms with E-state index in [0.29, 0.717) is 22.4 Å². The molecular weight excluding hydrogens is 514 g/mol. The quantitative estimate of drug-likeness (QED) is 0.273. The van der Waals surface area contributed by atoms with Crippen molar-refractivity contribution in [2.24, 2.45) is 0 Å². The third-order valence-corrected chi connectivity index (χ3v) is 6.12. The van der Waals surface area contributed by atoms with Gasteiger partial charge in [-0.1, -0.05) is 0 Å². The number of nitrogens with zero attached hydrogens (tertiary/aromatic N) is 2. The van der Waals surface area contributed by atoms with Gasteiger partial charge in [0.2, 0.25) is 0 Å². The summed E-state index contributed by atoms with van der Waals surface area (Å²) in [6.45, 7) is -0.253. The molecule has 4 rings (SSSR count). The van der Waals surface area contributed by atoms with Crippen LogP contribution in [-0.4, -0.2) is 51.0 Å². The molecule has 1 heterocycles. The standard InChI is InChI=1S/C24H25F4N5O3S/c1-13(23(34)29-11-24(26,27)28)36-20-8-15(25)6-7-18(20)32-22-21-17(14-4-5-14)9-16(33-37(2,3)35)10-19(21)30-12-31-22/h6-10,12-14H,2,4-5,11H2,1,3H3,(H,29,34)(H,33,35)(H,30,31,32)/t13-,37?/m1/s1. The second kappa shape index (κ2) is 10.0. The summed E-state index contributed by atoms with van der Waals surface area (Å²) in [5.41, 5.74) is 2.34. The van der Waals surface area contributed by atoms with Gasteiger partial charge in [-0.05, 0) is 61.4 Å². The van der Waals surface area contributed by atoms with Crippen molar-refractivity contribution >= 4 is 49.6 Å². The van der Waals surface area contributed by atoms with Crippen molar-refractivity contribution in [2.75, 3.05) is 22.8 Å². The molecule has 1 fully saturated rings. The van der Waals surface area contributed by atoms with Crippen LogP contribution < -0.4 is 20.1 Å². The number of rotatable bonds is 9. The van der Waals surface area contributed by atoms with E-state index in [1.165, 1.54) is 31.6 Å². The van der Waals surface area contributed by atoms with Crippen LogP contribution in [0, 0.1) is 5.82 Å². The van der Waals surface area contributed by atoms with Crippen LogP contribution in [0.15, 0.2) is 36.7 Å². The third-order valence-electron chi connectivity index (χ3n) is 5.45. The molecule has 1 aliphatic rings. The van der Waals surface area contributed by atoms with Crippen LogP contribution in [0.3, 0.4) is 0 Å². The van der Waals surface area contributed by atoms with Gasteiger partial charge in [-0.25, -0.2) is 18.6 Å². The molecule has 1 aliphatic carbocycles. The van der Waals surface area contributed by atoms with Gasteiger partial charge in [0, 0.05) is 33.1 Å². The number of anilines is 3. The number of ether oxygens (including phenoxy) is 1. The van der Waals surface area contributed by atoms with Crippen LogP contribution in [-0.2, 0) is 14.5 Å². The number of fused-ring (bicyclic) bond motifs is 1. The summed E-state index contributed by atoms with van der Waals surface area (Å²) in [6.07, 6.45) is -1.20. The number of halogens is 4. The number of carbonyl (C=O) groups is 1. The van der Waals surface area contributed by atoms with Crippen molar-refractivity contribution in [1.82, 2.24) is 15.3 Å². The Morgan fingerprint density at radius 3 is 2.62 bits per heavy atom. The lowest BCUT2D eigenvalue weighted by molar-refractivity contribution is -0.142. The van der Waals surface area contributed by atoms with Gasteiger partial charge < -0.3 is 20.1 Å². The van der Waals surface area contributed by atoms with Gasteiger partial charge in [0.1, 0.15) is 30.3 Å². The molecule has 2 aromatic carbocycles. The Hall–Kier alpha value is -3.61. The predicted molar refractivity (Wildman–Crippen MR) is 135 cm³/mol. The van der Waals surface area contributed by atoms with Crippen LogP contribution in [0.2, 0.25) is 0 Å². The first kappa shape index (κ1) is 26.5. The van der Waals surface area contributed by atoms with Gasteiger partial charge in [-0.3, -0.25) is 4.79 Å². The molecule has 1 amide bonds. The first-order chi connectivity index (χ1) is 17.3. The minimum atomic E-state index is -4.58. The van der Waals surface area contributed by atoms with E-state index in [1.807, 2.05) is 6.07 Å². The highest BCUT2D eigenvalue weighted by Gasteiger charge is 2.30. The Morgan fingerprint density at radius 2 is 1.97 bits per heavy atom. The SMILES string of the molecule is C=S(C)(=O)Nc1cc(C2CC2)c2c(Nc3ccc(F)cc3O[C@H](C)C(=O)NCC(F)(F)F)ncnc2c1. The van der Waals surface area contributed by atoms with Gasteiger partial charge in [-0.15, -0.1) is 0 Å². The summed E-state index contributed by atoms with van der Waals surface area (Å²) >= 11 is 0. The van der Waals surface area contributed by atoms with E-state index in [4.69, 9.17) is 4.74 Å². The summed E-state index contributed by atoms with van der Waals surface area (Å²) in [6, 6.07) is 7.16. The molecule has 1 aromatic heterocycles. The Bertz CT molecular complexity index is 1440. The maximum atomic E-state index is 14.0. The summed E-state index contributed by atoms with van der Waals surface area (Å²) in [4.78, 5) is 20.8. The summed E-state index contributed by atoms with van der Waals surface area (Å²) in [7, 11) is -2.52. The summed E-state index contributed by atoms with van der Waals surface area (Å²) in [5, 5.41) is 5.54. The number of alkyl halides is 3. The fourth-order valence-corrected chi connectivity index (χ4v) is 4.36. The van der Waals surface area contributed by atoms with E-state index in [2.05, 4.69) is 25.9 Å². The van der Waals surface area contributed by atoms with Crippen molar-refractivity contribution < 1.29 is 31.3 Å². The molecule has 13 heteroatoms. The van der Waals surface area contributed by atoms with E-state index >= 15 is 0 Å². The molecule has 3 aromatic rings. The minimum Gasteiger partial charge on any atom is -0.479 e. The fourth-order valence-electron chi connectivity index (χ4n) is 3.74. The molecule has 0 saturated heterocycles. The van der Waals surface area contributed by atoms with Crippen molar-refractivity contribution in [3.63, 3.8) is 0 Å². The smallest absolute Gasteiger partial charge is 0.405 e. The lowest BCUT2D eigenvalue weighted by Gasteiger charge is -2.19. The lowest BCUT2D eigenvalue weighted by atomic mass is 10.0. The van der Waals surface area contributed by atoms with Crippen LogP contribution in [0.1, 0.15) is 31.2 Å². The van der Waals surface area contributed by atoms with Crippen LogP contribution >= 0.6 is 0 Å². The number of hydrogen-bond donors (Lipinski definition) is 3. The predicted octanol–water partition coefficient (Wildman–Crippen LogP) is 4.51. The average Bonchev–Trinajstić information content (AvgIpc) is 3.62. The maximum Gasteiger partial charge on any atom is 0.405 e. The molecule has 3 N–H and O–H groups in total. The number of aromatic nitrogens is 2. The Balaban J connectivity index is 1.66. The van der Waals surface area contributed by atoms with E-state index in [1.54, 1.807) is 11.4 Å². The lowest BCUT2D eigenvalue weighted by Crippen LogP contribution is -2.41. The molecule has 0 radical (unpaired) electrons. The highest BCUT2D eigenvalue weighted by atomic mass is 32.2. The normalized spacial score (nSPS) is 16.1.